The van der Waals surface area contributed by atoms with Crippen LogP contribution in [0.5, 0.6) is 0 Å². The molecule has 0 radical (unpaired) electrons. The number of carbonyl (C=O) groups excluding carboxylic acids is 1. The third-order valence-electron chi connectivity index (χ3n) is 16.7. The van der Waals surface area contributed by atoms with Crippen LogP contribution in [-0.2, 0) is 26.8 Å². The number of aliphatic carboxylic acids is 1. The average molecular weight is 731 g/mol. The van der Waals surface area contributed by atoms with E-state index in [1.165, 1.54) is 12.1 Å². The number of benzene rings is 1. The van der Waals surface area contributed by atoms with Gasteiger partial charge in [-0.05, 0) is 142 Å². The monoisotopic (exact) mass is 730 g/mol. The zero-order valence-electron chi connectivity index (χ0n) is 33.9. The predicted octanol–water partition coefficient (Wildman–Crippen LogP) is 9.78. The number of hydrogen-bond donors (Lipinski definition) is 1. The molecule has 7 rings (SSSR count). The number of aromatic nitrogens is 2. The highest BCUT2D eigenvalue weighted by atomic mass is 19.1. The van der Waals surface area contributed by atoms with Crippen LogP contribution in [0.25, 0.3) is 5.69 Å². The lowest BCUT2D eigenvalue weighted by atomic mass is 9.33. The maximum Gasteiger partial charge on any atom is 0.309 e. The molecule has 1 aromatic heterocycles. The molecule has 4 saturated carbocycles. The van der Waals surface area contributed by atoms with Gasteiger partial charge in [-0.2, -0.15) is 0 Å². The lowest BCUT2D eigenvalue weighted by Crippen LogP contribution is -2.66. The summed E-state index contributed by atoms with van der Waals surface area (Å²) in [6.45, 7) is 20.2. The molecule has 5 aliphatic rings. The van der Waals surface area contributed by atoms with E-state index in [-0.39, 0.29) is 51.0 Å². The normalized spacial score (nSPS) is 36.4. The van der Waals surface area contributed by atoms with E-state index in [1.807, 2.05) is 13.1 Å². The number of nitrogens with zero attached hydrogens (tertiary/aromatic N) is 2. The van der Waals surface area contributed by atoms with Crippen molar-refractivity contribution in [2.75, 3.05) is 0 Å². The van der Waals surface area contributed by atoms with Gasteiger partial charge in [-0.15, -0.1) is 0 Å². The highest BCUT2D eigenvalue weighted by Crippen LogP contribution is 2.77. The molecule has 0 bridgehead atoms. The molecule has 1 N–H and O–H groups in total. The first-order chi connectivity index (χ1) is 24.6. The van der Waals surface area contributed by atoms with Gasteiger partial charge in [0.1, 0.15) is 11.9 Å². The molecule has 7 nitrogen and oxygen atoms in total. The van der Waals surface area contributed by atoms with E-state index < -0.39 is 17.4 Å². The minimum atomic E-state index is -1.16. The largest absolute Gasteiger partial charge is 0.481 e. The molecule has 1 aromatic carbocycles. The van der Waals surface area contributed by atoms with Crippen LogP contribution in [0.3, 0.4) is 0 Å². The summed E-state index contributed by atoms with van der Waals surface area (Å²) in [5.74, 6) is 0.101. The maximum atomic E-state index is 13.9. The smallest absolute Gasteiger partial charge is 0.309 e. The van der Waals surface area contributed by atoms with Crippen LogP contribution in [0.15, 0.2) is 46.3 Å². The van der Waals surface area contributed by atoms with Crippen LogP contribution in [0.4, 0.5) is 4.39 Å². The van der Waals surface area contributed by atoms with Gasteiger partial charge in [0.2, 0.25) is 0 Å². The van der Waals surface area contributed by atoms with Gasteiger partial charge >= 0.3 is 11.9 Å². The molecule has 0 amide bonds. The zero-order chi connectivity index (χ0) is 38.7. The molecule has 4 fully saturated rings. The van der Waals surface area contributed by atoms with Crippen molar-refractivity contribution < 1.29 is 23.8 Å². The number of halogens is 1. The van der Waals surface area contributed by atoms with Gasteiger partial charge in [0.15, 0.2) is 0 Å². The summed E-state index contributed by atoms with van der Waals surface area (Å²) in [5, 5.41) is 9.63. The fourth-order valence-corrected chi connectivity index (χ4v) is 13.7. The van der Waals surface area contributed by atoms with Crippen molar-refractivity contribution in [1.29, 1.82) is 0 Å². The minimum absolute atomic E-state index is 0.0643. The molecular weight excluding hydrogens is 668 g/mol. The fourth-order valence-electron chi connectivity index (χ4n) is 13.7. The summed E-state index contributed by atoms with van der Waals surface area (Å²) < 4.78 is 23.9. The average Bonchev–Trinajstić information content (AvgIpc) is 3.60. The molecule has 8 atom stereocenters. The van der Waals surface area contributed by atoms with Crippen molar-refractivity contribution in [1.82, 2.24) is 9.36 Å². The lowest BCUT2D eigenvalue weighted by Gasteiger charge is -2.72. The fraction of sp³-hybridized carbons (Fsp3) is 0.711. The van der Waals surface area contributed by atoms with Crippen LogP contribution in [0.1, 0.15) is 139 Å². The number of esters is 1. The minimum Gasteiger partial charge on any atom is -0.481 e. The number of hydrogen-bond acceptors (Lipinski definition) is 4. The molecule has 5 aliphatic carbocycles. The van der Waals surface area contributed by atoms with Crippen LogP contribution < -0.4 is 5.56 Å². The van der Waals surface area contributed by atoms with Gasteiger partial charge < -0.3 is 9.84 Å². The third kappa shape index (κ3) is 5.40. The van der Waals surface area contributed by atoms with Crippen molar-refractivity contribution >= 4 is 11.9 Å². The number of carboxylic acid groups (broad SMARTS) is 1. The molecule has 0 aliphatic heterocycles. The topological polar surface area (TPSA) is 90.5 Å². The van der Waals surface area contributed by atoms with Gasteiger partial charge in [0.05, 0.1) is 23.2 Å². The third-order valence-corrected chi connectivity index (χ3v) is 16.7. The summed E-state index contributed by atoms with van der Waals surface area (Å²) in [6, 6.07) is 8.12. The van der Waals surface area contributed by atoms with E-state index in [4.69, 9.17) is 4.74 Å². The van der Waals surface area contributed by atoms with E-state index in [1.54, 1.807) is 41.8 Å². The Hall–Kier alpha value is -3.16. The molecule has 8 heteroatoms. The van der Waals surface area contributed by atoms with E-state index in [0.717, 1.165) is 69.9 Å². The van der Waals surface area contributed by atoms with Crippen LogP contribution >= 0.6 is 0 Å². The number of allylic oxidation sites excluding steroid dienone is 2. The Bertz CT molecular complexity index is 1900. The second-order valence-corrected chi connectivity index (χ2v) is 20.2. The Kier molecular flexibility index (Phi) is 8.94. The Morgan fingerprint density at radius 2 is 1.60 bits per heavy atom. The van der Waals surface area contributed by atoms with E-state index >= 15 is 0 Å². The molecule has 290 valence electrons. The summed E-state index contributed by atoms with van der Waals surface area (Å²) in [4.78, 5) is 38.6. The van der Waals surface area contributed by atoms with Crippen molar-refractivity contribution in [3.8, 4) is 5.69 Å². The standard InChI is InChI=1S/C45H63FN2O5/c1-27(2)30-17-22-45(34-25-36(49)48(47(34)10)29-13-11-28(46)12-14-29)24-23-43(8)31(38(30)45)15-16-33-42(7)20-19-35(53-37(50)26-40(3,4)39(51)52)41(5,6)32(42)18-21-44(33,43)9/h11-14,25,27,31-33,35H,15-24,26H2,1-10H3,(H,51,52)/t31-,32+,33-,35+,42+,43-,44-,45-/m1/s1. The lowest BCUT2D eigenvalue weighted by molar-refractivity contribution is -0.232. The summed E-state index contributed by atoms with van der Waals surface area (Å²) in [5.41, 5.74) is 3.70. The number of carbonyl (C=O) groups is 2. The molecule has 2 aromatic rings. The first kappa shape index (κ1) is 38.1. The van der Waals surface area contributed by atoms with Crippen molar-refractivity contribution in [3.05, 3.63) is 63.3 Å². The quantitative estimate of drug-likeness (QED) is 0.226. The number of rotatable bonds is 7. The Balaban J connectivity index is 1.22. The van der Waals surface area contributed by atoms with Gasteiger partial charge in [0, 0.05) is 23.9 Å². The molecule has 0 saturated heterocycles. The first-order valence-corrected chi connectivity index (χ1v) is 20.4. The Labute approximate surface area is 315 Å². The first-order valence-electron chi connectivity index (χ1n) is 20.4. The molecule has 0 unspecified atom stereocenters. The summed E-state index contributed by atoms with van der Waals surface area (Å²) in [7, 11) is 2.01. The molecule has 1 heterocycles. The van der Waals surface area contributed by atoms with Crippen molar-refractivity contribution in [3.63, 3.8) is 0 Å². The molecule has 53 heavy (non-hydrogen) atoms. The molecular formula is C45H63FN2O5. The molecule has 0 spiro atoms. The number of ether oxygens (including phenoxy) is 1. The van der Waals surface area contributed by atoms with Crippen LogP contribution in [-0.4, -0.2) is 32.5 Å². The van der Waals surface area contributed by atoms with Crippen LogP contribution in [0.2, 0.25) is 0 Å². The second kappa shape index (κ2) is 12.4. The van der Waals surface area contributed by atoms with E-state index in [2.05, 4.69) is 53.1 Å². The van der Waals surface area contributed by atoms with Gasteiger partial charge in [-0.1, -0.05) is 59.6 Å². The van der Waals surface area contributed by atoms with Crippen molar-refractivity contribution in [2.24, 2.45) is 57.8 Å². The summed E-state index contributed by atoms with van der Waals surface area (Å²) >= 11 is 0. The van der Waals surface area contributed by atoms with Crippen LogP contribution in [0, 0.1) is 56.6 Å². The maximum absolute atomic E-state index is 13.9. The Morgan fingerprint density at radius 1 is 0.925 bits per heavy atom. The summed E-state index contributed by atoms with van der Waals surface area (Å²) in [6.07, 6.45) is 10.2. The SMILES string of the molecule is CC(C)C1=C2[C@H]3CC[C@@H]4[C@@]5(C)CC[C@H](OC(=O)CC(C)(C)C(=O)O)C(C)(C)[C@@H]5CC[C@@]4(C)[C@]3(C)CC[C@@]2(c2cc(=O)n(-c3ccc(F)cc3)n2C)CC1. The van der Waals surface area contributed by atoms with E-state index in [0.29, 0.717) is 29.4 Å². The predicted molar refractivity (Wildman–Crippen MR) is 205 cm³/mol. The van der Waals surface area contributed by atoms with Gasteiger partial charge in [0.25, 0.3) is 5.56 Å². The van der Waals surface area contributed by atoms with Crippen molar-refractivity contribution in [2.45, 2.75) is 144 Å². The highest BCUT2D eigenvalue weighted by molar-refractivity contribution is 5.81. The van der Waals surface area contributed by atoms with E-state index in [9.17, 15) is 23.9 Å². The second-order valence-electron chi connectivity index (χ2n) is 20.2. The Morgan fingerprint density at radius 3 is 2.25 bits per heavy atom. The highest BCUT2D eigenvalue weighted by Gasteiger charge is 2.70. The number of fused-ring (bicyclic) bond motifs is 7. The zero-order valence-corrected chi connectivity index (χ0v) is 33.9. The van der Waals surface area contributed by atoms with Gasteiger partial charge in [-0.25, -0.2) is 9.07 Å². The van der Waals surface area contributed by atoms with Gasteiger partial charge in [-0.3, -0.25) is 19.1 Å². The number of carboxylic acids is 1.